The molecule has 0 saturated carbocycles. The van der Waals surface area contributed by atoms with Crippen LogP contribution in [0.4, 0.5) is 0 Å². The van der Waals surface area contributed by atoms with Crippen LogP contribution in [0.25, 0.3) is 0 Å². The summed E-state index contributed by atoms with van der Waals surface area (Å²) in [6, 6.07) is 9.98. The molecule has 0 fully saturated rings. The van der Waals surface area contributed by atoms with Crippen LogP contribution in [0.3, 0.4) is 0 Å². The van der Waals surface area contributed by atoms with Gasteiger partial charge in [0.2, 0.25) is 6.04 Å². The van der Waals surface area contributed by atoms with Gasteiger partial charge in [0.25, 0.3) is 0 Å². The van der Waals surface area contributed by atoms with Gasteiger partial charge in [-0.15, -0.1) is 0 Å². The van der Waals surface area contributed by atoms with E-state index in [0.29, 0.717) is 6.42 Å². The summed E-state index contributed by atoms with van der Waals surface area (Å²) in [6.07, 6.45) is 1.36. The van der Waals surface area contributed by atoms with Gasteiger partial charge in [-0.05, 0) is 6.42 Å². The van der Waals surface area contributed by atoms with Crippen molar-refractivity contribution >= 4 is 0 Å². The first-order chi connectivity index (χ1) is 6.20. The Morgan fingerprint density at radius 2 is 2.07 bits per heavy atom. The summed E-state index contributed by atoms with van der Waals surface area (Å²) in [7, 11) is 0. The topological polar surface area (TPSA) is 43.1 Å². The Morgan fingerprint density at radius 3 is 2.57 bits per heavy atom. The second-order valence-corrected chi connectivity index (χ2v) is 3.08. The summed E-state index contributed by atoms with van der Waals surface area (Å²) in [5.74, 6) is 0. The van der Waals surface area contributed by atoms with Gasteiger partial charge in [0.15, 0.2) is 0 Å². The molecular weight excluding hydrogens is 255 g/mol. The summed E-state index contributed by atoms with van der Waals surface area (Å²) in [5.41, 5.74) is 1.13. The van der Waals surface area contributed by atoms with Crippen molar-refractivity contribution in [1.82, 2.24) is 0 Å². The minimum atomic E-state index is -0.454. The third-order valence-corrected chi connectivity index (χ3v) is 2.00. The quantitative estimate of drug-likeness (QED) is 0.476. The normalized spacial score (nSPS) is 11.5. The molecule has 0 bridgehead atoms. The van der Waals surface area contributed by atoms with Crippen molar-refractivity contribution in [2.24, 2.45) is 0 Å². The second kappa shape index (κ2) is 7.07. The van der Waals surface area contributed by atoms with Crippen LogP contribution >= 0.6 is 0 Å². The summed E-state index contributed by atoms with van der Waals surface area (Å²) in [6.45, 7) is 1.63. The Labute approximate surface area is 109 Å². The van der Waals surface area contributed by atoms with E-state index < -0.39 is 6.04 Å². The van der Waals surface area contributed by atoms with E-state index in [4.69, 9.17) is 0 Å². The van der Waals surface area contributed by atoms with E-state index in [1.165, 1.54) is 0 Å². The minimum Gasteiger partial charge on any atom is -0.264 e. The zero-order chi connectivity index (χ0) is 9.68. The van der Waals surface area contributed by atoms with Crippen molar-refractivity contribution < 1.29 is 37.6 Å². The predicted molar refractivity (Wildman–Crippen MR) is 50.1 cm³/mol. The van der Waals surface area contributed by atoms with Gasteiger partial charge in [0.05, 0.1) is 0 Å². The fourth-order valence-electron chi connectivity index (χ4n) is 1.07. The fraction of sp³-hybridized carbons (Fsp3) is 0.400. The van der Waals surface area contributed by atoms with Crippen LogP contribution in [0.1, 0.15) is 18.9 Å². The average Bonchev–Trinajstić information content (AvgIpc) is 2.15. The van der Waals surface area contributed by atoms with Crippen molar-refractivity contribution in [2.75, 3.05) is 0 Å². The Hall–Kier alpha value is -0.276. The van der Waals surface area contributed by atoms with Crippen molar-refractivity contribution in [3.05, 3.63) is 46.0 Å². The smallest absolute Gasteiger partial charge is 0.210 e. The molecule has 0 N–H and O–H groups in total. The van der Waals surface area contributed by atoms with Crippen LogP contribution in [0.5, 0.6) is 0 Å². The molecule has 0 aromatic heterocycles. The molecule has 4 heteroatoms. The van der Waals surface area contributed by atoms with E-state index in [1.54, 1.807) is 6.92 Å². The zero-order valence-electron chi connectivity index (χ0n) is 8.14. The number of nitro groups is 1. The number of rotatable bonds is 4. The summed E-state index contributed by atoms with van der Waals surface area (Å²) in [5, 5.41) is 10.3. The van der Waals surface area contributed by atoms with Gasteiger partial charge >= 0.3 is 0 Å². The average molecular weight is 267 g/mol. The third kappa shape index (κ3) is 4.82. The van der Waals surface area contributed by atoms with Crippen LogP contribution in [-0.2, 0) is 39.1 Å². The fourth-order valence-corrected chi connectivity index (χ4v) is 1.07. The largest absolute Gasteiger partial charge is 0.264 e. The molecule has 1 radical (unpaired) electrons. The Kier molecular flexibility index (Phi) is 6.93. The molecule has 0 saturated heterocycles. The van der Waals surface area contributed by atoms with Crippen LogP contribution < -0.4 is 0 Å². The SMILES string of the molecule is CC(CCc1cc[c-]cc1)[N+](=O)[O-].[Y]. The molecule has 1 unspecified atom stereocenters. The van der Waals surface area contributed by atoms with Crippen LogP contribution in [0, 0.1) is 16.2 Å². The van der Waals surface area contributed by atoms with Gasteiger partial charge in [-0.1, -0.05) is 0 Å². The maximum atomic E-state index is 10.3. The Balaban J connectivity index is 0.00000169. The number of hydrogen-bond acceptors (Lipinski definition) is 2. The van der Waals surface area contributed by atoms with Gasteiger partial charge in [-0.25, -0.2) is 0 Å². The molecule has 1 atom stereocenters. The van der Waals surface area contributed by atoms with Crippen molar-refractivity contribution in [3.8, 4) is 0 Å². The van der Waals surface area contributed by atoms with Crippen molar-refractivity contribution in [2.45, 2.75) is 25.8 Å². The maximum Gasteiger partial charge on any atom is 0.210 e. The molecule has 1 aromatic rings. The summed E-state index contributed by atoms with van der Waals surface area (Å²) in [4.78, 5) is 10.1. The van der Waals surface area contributed by atoms with Crippen LogP contribution in [-0.4, -0.2) is 11.0 Å². The number of benzene rings is 1. The Bertz CT molecular complexity index is 277. The van der Waals surface area contributed by atoms with Gasteiger partial charge in [-0.3, -0.25) is 10.1 Å². The third-order valence-electron chi connectivity index (χ3n) is 2.00. The molecule has 0 spiro atoms. The van der Waals surface area contributed by atoms with E-state index >= 15 is 0 Å². The van der Waals surface area contributed by atoms with Gasteiger partial charge < -0.3 is 0 Å². The molecule has 3 nitrogen and oxygen atoms in total. The van der Waals surface area contributed by atoms with E-state index in [1.807, 2.05) is 24.3 Å². The number of nitrogens with zero attached hydrogens (tertiary/aromatic N) is 1. The monoisotopic (exact) mass is 267 g/mol. The summed E-state index contributed by atoms with van der Waals surface area (Å²) >= 11 is 0. The predicted octanol–water partition coefficient (Wildman–Crippen LogP) is 2.08. The van der Waals surface area contributed by atoms with Crippen LogP contribution in [0.15, 0.2) is 24.3 Å². The molecule has 0 heterocycles. The van der Waals surface area contributed by atoms with Gasteiger partial charge in [-0.2, -0.15) is 35.9 Å². The molecule has 1 rings (SSSR count). The van der Waals surface area contributed by atoms with Gasteiger partial charge in [0, 0.05) is 51.0 Å². The first-order valence-corrected chi connectivity index (χ1v) is 4.28. The van der Waals surface area contributed by atoms with E-state index in [9.17, 15) is 10.1 Å². The zero-order valence-corrected chi connectivity index (χ0v) is 11.0. The summed E-state index contributed by atoms with van der Waals surface area (Å²) < 4.78 is 0. The van der Waals surface area contributed by atoms with E-state index in [0.717, 1.165) is 12.0 Å². The molecule has 0 aliphatic rings. The first-order valence-electron chi connectivity index (χ1n) is 4.28. The van der Waals surface area contributed by atoms with Crippen molar-refractivity contribution in [3.63, 3.8) is 0 Å². The molecular formula is C10H12NO2Y-. The molecule has 73 valence electrons. The Morgan fingerprint density at radius 1 is 1.50 bits per heavy atom. The van der Waals surface area contributed by atoms with E-state index in [-0.39, 0.29) is 37.6 Å². The molecule has 14 heavy (non-hydrogen) atoms. The first kappa shape index (κ1) is 13.7. The number of hydrogen-bond donors (Lipinski definition) is 0. The second-order valence-electron chi connectivity index (χ2n) is 3.08. The minimum absolute atomic E-state index is 0. The molecule has 0 amide bonds. The standard InChI is InChI=1S/C10H12NO2.Y/c1-9(11(12)13)7-8-10-5-3-2-4-6-10;/h3-6,9H,7-8H2,1H3;/q-1;. The number of aryl methyl sites for hydroxylation is 1. The van der Waals surface area contributed by atoms with Crippen LogP contribution in [0.2, 0.25) is 0 Å². The molecule has 0 aliphatic heterocycles. The molecule has 1 aromatic carbocycles. The van der Waals surface area contributed by atoms with Gasteiger partial charge in [0.1, 0.15) is 0 Å². The molecule has 0 aliphatic carbocycles. The van der Waals surface area contributed by atoms with Crippen molar-refractivity contribution in [1.29, 1.82) is 0 Å². The maximum absolute atomic E-state index is 10.3. The van der Waals surface area contributed by atoms with E-state index in [2.05, 4.69) is 6.07 Å².